The van der Waals surface area contributed by atoms with Crippen LogP contribution in [0, 0.1) is 10.1 Å². The number of halogens is 1. The molecule has 2 aromatic rings. The molecule has 0 aliphatic rings. The summed E-state index contributed by atoms with van der Waals surface area (Å²) in [5.74, 6) is 0. The third-order valence-electron chi connectivity index (χ3n) is 3.31. The maximum absolute atomic E-state index is 10.6. The smallest absolute Gasteiger partial charge is 0.258 e. The molecule has 104 valence electrons. The molecule has 0 fully saturated rings. The third kappa shape index (κ3) is 3.58. The van der Waals surface area contributed by atoms with Crippen LogP contribution in [0.25, 0.3) is 0 Å². The van der Waals surface area contributed by atoms with Gasteiger partial charge in [-0.05, 0) is 29.5 Å². The molecular formula is C16H16ClNO2. The number of benzene rings is 2. The number of nitrogens with zero attached hydrogens (tertiary/aromatic N) is 1. The van der Waals surface area contributed by atoms with E-state index in [9.17, 15) is 10.1 Å². The highest BCUT2D eigenvalue weighted by Gasteiger charge is 2.10. The van der Waals surface area contributed by atoms with Gasteiger partial charge in [-0.3, -0.25) is 10.1 Å². The van der Waals surface area contributed by atoms with Crippen molar-refractivity contribution in [2.75, 3.05) is 0 Å². The lowest BCUT2D eigenvalue weighted by Gasteiger charge is -2.10. The fourth-order valence-electron chi connectivity index (χ4n) is 2.04. The Hall–Kier alpha value is -1.87. The van der Waals surface area contributed by atoms with E-state index in [1.165, 1.54) is 17.7 Å². The van der Waals surface area contributed by atoms with Gasteiger partial charge in [-0.1, -0.05) is 43.3 Å². The van der Waals surface area contributed by atoms with Crippen LogP contribution in [0.4, 0.5) is 5.69 Å². The van der Waals surface area contributed by atoms with E-state index >= 15 is 0 Å². The number of rotatable bonds is 5. The molecule has 2 rings (SSSR count). The van der Waals surface area contributed by atoms with Gasteiger partial charge in [0, 0.05) is 12.1 Å². The predicted molar refractivity (Wildman–Crippen MR) is 81.2 cm³/mol. The standard InChI is InChI=1S/C16H16ClNO2/c1-2-12-3-7-14(8-4-12)16(17)11-13-5-9-15(10-6-13)18(19)20/h3-10,16H,2,11H2,1H3. The average Bonchev–Trinajstić information content (AvgIpc) is 2.48. The van der Waals surface area contributed by atoms with Crippen LogP contribution < -0.4 is 0 Å². The Bertz CT molecular complexity index is 578. The maximum atomic E-state index is 10.6. The minimum Gasteiger partial charge on any atom is -0.258 e. The third-order valence-corrected chi connectivity index (χ3v) is 3.72. The van der Waals surface area contributed by atoms with E-state index < -0.39 is 4.92 Å². The zero-order chi connectivity index (χ0) is 14.5. The zero-order valence-electron chi connectivity index (χ0n) is 11.3. The SMILES string of the molecule is CCc1ccc(C(Cl)Cc2ccc([N+](=O)[O-])cc2)cc1. The lowest BCUT2D eigenvalue weighted by molar-refractivity contribution is -0.384. The molecular weight excluding hydrogens is 274 g/mol. The number of hydrogen-bond donors (Lipinski definition) is 0. The highest BCUT2D eigenvalue weighted by atomic mass is 35.5. The molecule has 0 amide bonds. The van der Waals surface area contributed by atoms with Crippen molar-refractivity contribution in [2.45, 2.75) is 25.1 Å². The Morgan fingerprint density at radius 1 is 1.05 bits per heavy atom. The summed E-state index contributed by atoms with van der Waals surface area (Å²) < 4.78 is 0. The highest BCUT2D eigenvalue weighted by molar-refractivity contribution is 6.20. The minimum absolute atomic E-state index is 0.104. The molecule has 0 N–H and O–H groups in total. The van der Waals surface area contributed by atoms with Crippen LogP contribution in [0.5, 0.6) is 0 Å². The molecule has 2 aromatic carbocycles. The molecule has 0 saturated heterocycles. The fraction of sp³-hybridized carbons (Fsp3) is 0.250. The number of nitro benzene ring substituents is 1. The molecule has 1 unspecified atom stereocenters. The molecule has 0 aliphatic heterocycles. The van der Waals surface area contributed by atoms with Gasteiger partial charge in [-0.25, -0.2) is 0 Å². The van der Waals surface area contributed by atoms with E-state index in [1.807, 2.05) is 12.1 Å². The maximum Gasteiger partial charge on any atom is 0.269 e. The van der Waals surface area contributed by atoms with Gasteiger partial charge < -0.3 is 0 Å². The Morgan fingerprint density at radius 2 is 1.60 bits per heavy atom. The highest BCUT2D eigenvalue weighted by Crippen LogP contribution is 2.26. The van der Waals surface area contributed by atoms with Crippen molar-refractivity contribution in [3.05, 3.63) is 75.3 Å². The quantitative estimate of drug-likeness (QED) is 0.456. The molecule has 3 nitrogen and oxygen atoms in total. The van der Waals surface area contributed by atoms with Crippen molar-refractivity contribution in [3.8, 4) is 0 Å². The Labute approximate surface area is 123 Å². The summed E-state index contributed by atoms with van der Waals surface area (Å²) in [6, 6.07) is 14.8. The van der Waals surface area contributed by atoms with E-state index in [0.717, 1.165) is 17.5 Å². The van der Waals surface area contributed by atoms with Crippen LogP contribution in [0.3, 0.4) is 0 Å². The van der Waals surface area contributed by atoms with Crippen LogP contribution in [0.2, 0.25) is 0 Å². The van der Waals surface area contributed by atoms with E-state index in [0.29, 0.717) is 6.42 Å². The van der Waals surface area contributed by atoms with Crippen molar-refractivity contribution in [1.29, 1.82) is 0 Å². The molecule has 0 bridgehead atoms. The Kier molecular flexibility index (Phi) is 4.74. The van der Waals surface area contributed by atoms with Gasteiger partial charge in [0.25, 0.3) is 5.69 Å². The van der Waals surface area contributed by atoms with Crippen LogP contribution in [-0.2, 0) is 12.8 Å². The molecule has 0 spiro atoms. The van der Waals surface area contributed by atoms with Gasteiger partial charge in [-0.2, -0.15) is 0 Å². The average molecular weight is 290 g/mol. The second-order valence-corrected chi connectivity index (χ2v) is 5.22. The summed E-state index contributed by atoms with van der Waals surface area (Å²) in [7, 11) is 0. The first-order valence-corrected chi connectivity index (χ1v) is 7.00. The van der Waals surface area contributed by atoms with Crippen molar-refractivity contribution >= 4 is 17.3 Å². The van der Waals surface area contributed by atoms with Crippen molar-refractivity contribution in [2.24, 2.45) is 0 Å². The molecule has 1 atom stereocenters. The number of nitro groups is 1. The zero-order valence-corrected chi connectivity index (χ0v) is 12.0. The summed E-state index contributed by atoms with van der Waals surface area (Å²) >= 11 is 6.40. The van der Waals surface area contributed by atoms with Crippen molar-refractivity contribution < 1.29 is 4.92 Å². The summed E-state index contributed by atoms with van der Waals surface area (Å²) in [6.07, 6.45) is 1.67. The summed E-state index contributed by atoms with van der Waals surface area (Å²) in [5.41, 5.74) is 3.46. The monoisotopic (exact) mass is 289 g/mol. The van der Waals surface area contributed by atoms with Crippen LogP contribution >= 0.6 is 11.6 Å². The lowest BCUT2D eigenvalue weighted by Crippen LogP contribution is -1.97. The minimum atomic E-state index is -0.397. The second-order valence-electron chi connectivity index (χ2n) is 4.69. The number of non-ortho nitro benzene ring substituents is 1. The second kappa shape index (κ2) is 6.53. The molecule has 0 saturated carbocycles. The van der Waals surface area contributed by atoms with Gasteiger partial charge in [0.15, 0.2) is 0 Å². The Balaban J connectivity index is 2.06. The fourth-order valence-corrected chi connectivity index (χ4v) is 2.36. The van der Waals surface area contributed by atoms with Gasteiger partial charge in [0.05, 0.1) is 10.3 Å². The first-order valence-electron chi connectivity index (χ1n) is 6.56. The van der Waals surface area contributed by atoms with Crippen molar-refractivity contribution in [3.63, 3.8) is 0 Å². The molecule has 20 heavy (non-hydrogen) atoms. The number of hydrogen-bond acceptors (Lipinski definition) is 2. The van der Waals surface area contributed by atoms with E-state index in [4.69, 9.17) is 11.6 Å². The molecule has 0 radical (unpaired) electrons. The Morgan fingerprint density at radius 3 is 2.10 bits per heavy atom. The summed E-state index contributed by atoms with van der Waals surface area (Å²) in [4.78, 5) is 10.2. The predicted octanol–water partition coefficient (Wildman–Crippen LogP) is 4.68. The topological polar surface area (TPSA) is 43.1 Å². The summed E-state index contributed by atoms with van der Waals surface area (Å²) in [6.45, 7) is 2.12. The first-order chi connectivity index (χ1) is 9.60. The van der Waals surface area contributed by atoms with E-state index in [-0.39, 0.29) is 11.1 Å². The van der Waals surface area contributed by atoms with Crippen LogP contribution in [-0.4, -0.2) is 4.92 Å². The van der Waals surface area contributed by atoms with Gasteiger partial charge >= 0.3 is 0 Å². The number of aryl methyl sites for hydroxylation is 1. The molecule has 0 aromatic heterocycles. The first kappa shape index (κ1) is 14.5. The molecule has 0 aliphatic carbocycles. The number of alkyl halides is 1. The molecule has 0 heterocycles. The molecule has 4 heteroatoms. The van der Waals surface area contributed by atoms with Crippen molar-refractivity contribution in [1.82, 2.24) is 0 Å². The van der Waals surface area contributed by atoms with Gasteiger partial charge in [-0.15, -0.1) is 11.6 Å². The van der Waals surface area contributed by atoms with E-state index in [2.05, 4.69) is 19.1 Å². The normalized spacial score (nSPS) is 12.1. The van der Waals surface area contributed by atoms with Gasteiger partial charge in [0.2, 0.25) is 0 Å². The van der Waals surface area contributed by atoms with E-state index in [1.54, 1.807) is 12.1 Å². The largest absolute Gasteiger partial charge is 0.269 e. The summed E-state index contributed by atoms with van der Waals surface area (Å²) in [5, 5.41) is 10.5. The van der Waals surface area contributed by atoms with Crippen LogP contribution in [0.1, 0.15) is 29.0 Å². The van der Waals surface area contributed by atoms with Gasteiger partial charge in [0.1, 0.15) is 0 Å². The van der Waals surface area contributed by atoms with Crippen LogP contribution in [0.15, 0.2) is 48.5 Å². The lowest BCUT2D eigenvalue weighted by atomic mass is 10.0.